The highest BCUT2D eigenvalue weighted by Crippen LogP contribution is 2.32. The molecule has 0 saturated carbocycles. The molecular weight excluding hydrogens is 288 g/mol. The van der Waals surface area contributed by atoms with Gasteiger partial charge < -0.3 is 15.0 Å². The molecule has 0 saturated heterocycles. The smallest absolute Gasteiger partial charge is 0.216 e. The number of ether oxygens (including phenoxy) is 1. The van der Waals surface area contributed by atoms with E-state index in [-0.39, 0.29) is 5.91 Å². The van der Waals surface area contributed by atoms with Gasteiger partial charge >= 0.3 is 0 Å². The molecule has 3 rings (SSSR count). The topological polar surface area (TPSA) is 54.1 Å². The van der Waals surface area contributed by atoms with Crippen LogP contribution in [-0.2, 0) is 11.2 Å². The molecule has 3 aromatic rings. The van der Waals surface area contributed by atoms with Crippen molar-refractivity contribution in [3.05, 3.63) is 54.1 Å². The maximum atomic E-state index is 11.2. The Labute approximate surface area is 135 Å². The lowest BCUT2D eigenvalue weighted by molar-refractivity contribution is -0.118. The van der Waals surface area contributed by atoms with Crippen LogP contribution in [0.5, 0.6) is 5.75 Å². The van der Waals surface area contributed by atoms with Crippen LogP contribution in [0.25, 0.3) is 22.2 Å². The van der Waals surface area contributed by atoms with Gasteiger partial charge in [-0.3, -0.25) is 4.79 Å². The summed E-state index contributed by atoms with van der Waals surface area (Å²) >= 11 is 0. The first-order valence-corrected chi connectivity index (χ1v) is 7.67. The Morgan fingerprint density at radius 1 is 1.17 bits per heavy atom. The van der Waals surface area contributed by atoms with Gasteiger partial charge in [0.2, 0.25) is 5.91 Å². The number of hydrogen-bond acceptors (Lipinski definition) is 2. The molecule has 4 heteroatoms. The zero-order valence-corrected chi connectivity index (χ0v) is 13.3. The van der Waals surface area contributed by atoms with Crippen LogP contribution in [0.4, 0.5) is 0 Å². The van der Waals surface area contributed by atoms with E-state index in [1.807, 2.05) is 36.4 Å². The molecule has 0 radical (unpaired) electrons. The predicted molar refractivity (Wildman–Crippen MR) is 92.7 cm³/mol. The quantitative estimate of drug-likeness (QED) is 0.757. The maximum Gasteiger partial charge on any atom is 0.216 e. The molecule has 118 valence electrons. The van der Waals surface area contributed by atoms with E-state index in [1.54, 1.807) is 7.11 Å². The van der Waals surface area contributed by atoms with E-state index in [9.17, 15) is 4.79 Å². The van der Waals surface area contributed by atoms with Gasteiger partial charge in [0, 0.05) is 30.1 Å². The SMILES string of the molecule is COc1ccc2[nH]c(-c3ccccc3)c(CCNC(C)=O)c2c1. The van der Waals surface area contributed by atoms with Crippen molar-refractivity contribution in [1.29, 1.82) is 0 Å². The Kier molecular flexibility index (Phi) is 4.33. The molecule has 2 aromatic carbocycles. The van der Waals surface area contributed by atoms with Gasteiger partial charge in [0.25, 0.3) is 0 Å². The Bertz CT molecular complexity index is 822. The molecular formula is C19H20N2O2. The summed E-state index contributed by atoms with van der Waals surface area (Å²) in [5, 5.41) is 4.00. The Balaban J connectivity index is 2.08. The average molecular weight is 308 g/mol. The number of amides is 1. The molecule has 2 N–H and O–H groups in total. The summed E-state index contributed by atoms with van der Waals surface area (Å²) in [6, 6.07) is 16.3. The lowest BCUT2D eigenvalue weighted by Crippen LogP contribution is -2.22. The molecule has 4 nitrogen and oxygen atoms in total. The van der Waals surface area contributed by atoms with Crippen LogP contribution in [0.15, 0.2) is 48.5 Å². The van der Waals surface area contributed by atoms with E-state index in [4.69, 9.17) is 4.74 Å². The molecule has 0 atom stereocenters. The third-order valence-corrected chi connectivity index (χ3v) is 3.92. The first-order chi connectivity index (χ1) is 11.2. The fourth-order valence-corrected chi connectivity index (χ4v) is 2.83. The van der Waals surface area contributed by atoms with E-state index < -0.39 is 0 Å². The zero-order chi connectivity index (χ0) is 16.2. The summed E-state index contributed by atoms with van der Waals surface area (Å²) in [4.78, 5) is 14.7. The summed E-state index contributed by atoms with van der Waals surface area (Å²) < 4.78 is 5.35. The fraction of sp³-hybridized carbons (Fsp3) is 0.211. The number of carbonyl (C=O) groups is 1. The van der Waals surface area contributed by atoms with Crippen LogP contribution >= 0.6 is 0 Å². The first-order valence-electron chi connectivity index (χ1n) is 7.67. The van der Waals surface area contributed by atoms with Crippen molar-refractivity contribution in [2.75, 3.05) is 13.7 Å². The monoisotopic (exact) mass is 308 g/mol. The third-order valence-electron chi connectivity index (χ3n) is 3.92. The van der Waals surface area contributed by atoms with Crippen molar-refractivity contribution in [3.8, 4) is 17.0 Å². The average Bonchev–Trinajstić information content (AvgIpc) is 2.93. The first kappa shape index (κ1) is 15.2. The predicted octanol–water partition coefficient (Wildman–Crippen LogP) is 3.52. The van der Waals surface area contributed by atoms with Crippen molar-refractivity contribution in [1.82, 2.24) is 10.3 Å². The minimum Gasteiger partial charge on any atom is -0.497 e. The molecule has 0 aliphatic rings. The van der Waals surface area contributed by atoms with Gasteiger partial charge in [0.15, 0.2) is 0 Å². The molecule has 1 aromatic heterocycles. The second-order valence-corrected chi connectivity index (χ2v) is 5.49. The molecule has 0 aliphatic carbocycles. The number of fused-ring (bicyclic) bond motifs is 1. The van der Waals surface area contributed by atoms with E-state index >= 15 is 0 Å². The summed E-state index contributed by atoms with van der Waals surface area (Å²) in [6.07, 6.45) is 0.761. The largest absolute Gasteiger partial charge is 0.497 e. The van der Waals surface area contributed by atoms with E-state index in [0.717, 1.165) is 34.3 Å². The minimum absolute atomic E-state index is 0.0105. The van der Waals surface area contributed by atoms with Crippen molar-refractivity contribution in [3.63, 3.8) is 0 Å². The Morgan fingerprint density at radius 3 is 2.65 bits per heavy atom. The van der Waals surface area contributed by atoms with Crippen molar-refractivity contribution in [2.24, 2.45) is 0 Å². The van der Waals surface area contributed by atoms with E-state index in [0.29, 0.717) is 6.54 Å². The second-order valence-electron chi connectivity index (χ2n) is 5.49. The second kappa shape index (κ2) is 6.57. The highest BCUT2D eigenvalue weighted by atomic mass is 16.5. The number of aromatic amines is 1. The Morgan fingerprint density at radius 2 is 1.96 bits per heavy atom. The molecule has 0 bridgehead atoms. The van der Waals surface area contributed by atoms with Crippen LogP contribution in [0.3, 0.4) is 0 Å². The number of rotatable bonds is 5. The normalized spacial score (nSPS) is 10.7. The molecule has 0 unspecified atom stereocenters. The molecule has 23 heavy (non-hydrogen) atoms. The molecule has 1 heterocycles. The lowest BCUT2D eigenvalue weighted by Gasteiger charge is -2.06. The number of hydrogen-bond donors (Lipinski definition) is 2. The number of benzene rings is 2. The number of aromatic nitrogens is 1. The van der Waals surface area contributed by atoms with Crippen LogP contribution in [0.1, 0.15) is 12.5 Å². The molecule has 0 spiro atoms. The van der Waals surface area contributed by atoms with Crippen LogP contribution in [-0.4, -0.2) is 24.5 Å². The standard InChI is InChI=1S/C19H20N2O2/c1-13(22)20-11-10-16-17-12-15(23-2)8-9-18(17)21-19(16)14-6-4-3-5-7-14/h3-9,12,21H,10-11H2,1-2H3,(H,20,22). The number of H-pyrrole nitrogens is 1. The van der Waals surface area contributed by atoms with Crippen molar-refractivity contribution >= 4 is 16.8 Å². The zero-order valence-electron chi connectivity index (χ0n) is 13.3. The molecule has 0 fully saturated rings. The van der Waals surface area contributed by atoms with Gasteiger partial charge in [-0.05, 0) is 35.7 Å². The number of carbonyl (C=O) groups excluding carboxylic acids is 1. The summed E-state index contributed by atoms with van der Waals surface area (Å²) in [5.74, 6) is 0.820. The van der Waals surface area contributed by atoms with Gasteiger partial charge in [0.05, 0.1) is 7.11 Å². The van der Waals surface area contributed by atoms with Crippen LogP contribution in [0, 0.1) is 0 Å². The summed E-state index contributed by atoms with van der Waals surface area (Å²) in [5.41, 5.74) is 4.50. The van der Waals surface area contributed by atoms with Gasteiger partial charge in [-0.2, -0.15) is 0 Å². The van der Waals surface area contributed by atoms with E-state index in [2.05, 4.69) is 22.4 Å². The summed E-state index contributed by atoms with van der Waals surface area (Å²) in [7, 11) is 1.67. The Hall–Kier alpha value is -2.75. The van der Waals surface area contributed by atoms with Crippen molar-refractivity contribution in [2.45, 2.75) is 13.3 Å². The van der Waals surface area contributed by atoms with Crippen LogP contribution < -0.4 is 10.1 Å². The van der Waals surface area contributed by atoms with Gasteiger partial charge in [-0.15, -0.1) is 0 Å². The summed E-state index contributed by atoms with van der Waals surface area (Å²) in [6.45, 7) is 2.15. The van der Waals surface area contributed by atoms with E-state index in [1.165, 1.54) is 12.5 Å². The van der Waals surface area contributed by atoms with Gasteiger partial charge in [-0.25, -0.2) is 0 Å². The lowest BCUT2D eigenvalue weighted by atomic mass is 10.0. The van der Waals surface area contributed by atoms with Gasteiger partial charge in [-0.1, -0.05) is 30.3 Å². The van der Waals surface area contributed by atoms with Gasteiger partial charge in [0.1, 0.15) is 5.75 Å². The minimum atomic E-state index is -0.0105. The van der Waals surface area contributed by atoms with Crippen LogP contribution in [0.2, 0.25) is 0 Å². The maximum absolute atomic E-state index is 11.2. The van der Waals surface area contributed by atoms with Crippen molar-refractivity contribution < 1.29 is 9.53 Å². The highest BCUT2D eigenvalue weighted by Gasteiger charge is 2.13. The highest BCUT2D eigenvalue weighted by molar-refractivity contribution is 5.91. The number of methoxy groups -OCH3 is 1. The fourth-order valence-electron chi connectivity index (χ4n) is 2.83. The number of nitrogens with one attached hydrogen (secondary N) is 2. The third kappa shape index (κ3) is 3.21. The molecule has 0 aliphatic heterocycles. The molecule has 1 amide bonds.